The normalized spacial score (nSPS) is 11.9. The SMILES string of the molecule is C[N+](C)(CCCN)c1nccc2ccccc12. The molecule has 0 aliphatic carbocycles. The molecule has 1 heterocycles. The highest BCUT2D eigenvalue weighted by atomic mass is 15.3. The number of nitrogens with two attached hydrogens (primary N) is 1. The summed E-state index contributed by atoms with van der Waals surface area (Å²) in [6.07, 6.45) is 2.90. The van der Waals surface area contributed by atoms with E-state index in [1.165, 1.54) is 10.8 Å². The van der Waals surface area contributed by atoms with E-state index >= 15 is 0 Å². The highest BCUT2D eigenvalue weighted by Crippen LogP contribution is 2.26. The number of fused-ring (bicyclic) bond motifs is 1. The molecule has 0 aliphatic rings. The molecule has 0 saturated heterocycles. The van der Waals surface area contributed by atoms with Crippen LogP contribution in [0.5, 0.6) is 0 Å². The summed E-state index contributed by atoms with van der Waals surface area (Å²) in [5, 5.41) is 2.48. The van der Waals surface area contributed by atoms with Gasteiger partial charge in [0, 0.05) is 12.6 Å². The summed E-state index contributed by atoms with van der Waals surface area (Å²) in [6, 6.07) is 10.5. The average Bonchev–Trinajstić information content (AvgIpc) is 2.36. The first-order chi connectivity index (χ1) is 8.15. The largest absolute Gasteiger partial charge is 0.330 e. The van der Waals surface area contributed by atoms with E-state index in [9.17, 15) is 0 Å². The van der Waals surface area contributed by atoms with Crippen molar-refractivity contribution in [1.29, 1.82) is 0 Å². The van der Waals surface area contributed by atoms with Gasteiger partial charge in [-0.3, -0.25) is 4.48 Å². The average molecular weight is 230 g/mol. The van der Waals surface area contributed by atoms with Gasteiger partial charge in [0.05, 0.1) is 26.0 Å². The van der Waals surface area contributed by atoms with E-state index < -0.39 is 0 Å². The van der Waals surface area contributed by atoms with Crippen LogP contribution in [0.4, 0.5) is 5.82 Å². The Morgan fingerprint density at radius 2 is 1.94 bits per heavy atom. The molecule has 0 aliphatic heterocycles. The second-order valence-corrected chi connectivity index (χ2v) is 4.91. The highest BCUT2D eigenvalue weighted by molar-refractivity contribution is 5.91. The standard InChI is InChI=1S/C14H20N3/c1-17(2,11-5-9-15)14-13-7-4-3-6-12(13)8-10-16-14/h3-4,6-8,10H,5,9,11,15H2,1-2H3/q+1. The first-order valence-electron chi connectivity index (χ1n) is 6.02. The first-order valence-corrected chi connectivity index (χ1v) is 6.02. The minimum absolute atomic E-state index is 0.729. The van der Waals surface area contributed by atoms with Crippen LogP contribution in [0.25, 0.3) is 10.8 Å². The van der Waals surface area contributed by atoms with Crippen molar-refractivity contribution in [2.75, 3.05) is 27.2 Å². The maximum Gasteiger partial charge on any atom is 0.235 e. The van der Waals surface area contributed by atoms with Crippen molar-refractivity contribution in [3.63, 3.8) is 0 Å². The van der Waals surface area contributed by atoms with Gasteiger partial charge in [-0.25, -0.2) is 4.98 Å². The van der Waals surface area contributed by atoms with E-state index in [4.69, 9.17) is 5.73 Å². The smallest absolute Gasteiger partial charge is 0.235 e. The maximum atomic E-state index is 5.60. The van der Waals surface area contributed by atoms with E-state index in [0.29, 0.717) is 0 Å². The molecule has 2 N–H and O–H groups in total. The van der Waals surface area contributed by atoms with Crippen molar-refractivity contribution in [1.82, 2.24) is 9.47 Å². The topological polar surface area (TPSA) is 38.9 Å². The third-order valence-electron chi connectivity index (χ3n) is 3.15. The summed E-state index contributed by atoms with van der Waals surface area (Å²) < 4.78 is 0.776. The number of aromatic nitrogens is 1. The molecule has 2 rings (SSSR count). The third-order valence-corrected chi connectivity index (χ3v) is 3.15. The Balaban J connectivity index is 2.47. The van der Waals surface area contributed by atoms with Gasteiger partial charge in [0.2, 0.25) is 5.82 Å². The summed E-state index contributed by atoms with van der Waals surface area (Å²) in [5.74, 6) is 1.12. The van der Waals surface area contributed by atoms with Crippen LogP contribution in [-0.4, -0.2) is 32.2 Å². The van der Waals surface area contributed by atoms with Crippen molar-refractivity contribution < 1.29 is 0 Å². The van der Waals surface area contributed by atoms with Gasteiger partial charge in [-0.2, -0.15) is 0 Å². The van der Waals surface area contributed by atoms with Crippen molar-refractivity contribution in [3.05, 3.63) is 36.5 Å². The number of quaternary nitrogens is 1. The fourth-order valence-electron chi connectivity index (χ4n) is 2.18. The van der Waals surface area contributed by atoms with E-state index in [-0.39, 0.29) is 0 Å². The lowest BCUT2D eigenvalue weighted by atomic mass is 10.1. The van der Waals surface area contributed by atoms with Crippen molar-refractivity contribution in [3.8, 4) is 0 Å². The molecule has 0 amide bonds. The van der Waals surface area contributed by atoms with Gasteiger partial charge in [-0.15, -0.1) is 0 Å². The molecule has 0 atom stereocenters. The molecule has 3 heteroatoms. The lowest BCUT2D eigenvalue weighted by Gasteiger charge is -2.28. The Kier molecular flexibility index (Phi) is 3.41. The Labute approximate surface area is 102 Å². The summed E-state index contributed by atoms with van der Waals surface area (Å²) in [4.78, 5) is 4.56. The van der Waals surface area contributed by atoms with Gasteiger partial charge in [0.25, 0.3) is 0 Å². The molecule has 0 fully saturated rings. The van der Waals surface area contributed by atoms with Gasteiger partial charge in [-0.1, -0.05) is 18.2 Å². The number of hydrogen-bond donors (Lipinski definition) is 1. The number of benzene rings is 1. The van der Waals surface area contributed by atoms with Crippen molar-refractivity contribution >= 4 is 16.6 Å². The Bertz CT molecular complexity index is 500. The van der Waals surface area contributed by atoms with Crippen LogP contribution < -0.4 is 10.2 Å². The van der Waals surface area contributed by atoms with E-state index in [1.807, 2.05) is 6.20 Å². The quantitative estimate of drug-likeness (QED) is 0.817. The van der Waals surface area contributed by atoms with E-state index in [1.54, 1.807) is 0 Å². The number of pyridine rings is 1. The van der Waals surface area contributed by atoms with E-state index in [2.05, 4.69) is 49.4 Å². The Morgan fingerprint density at radius 1 is 1.18 bits per heavy atom. The van der Waals surface area contributed by atoms with Crippen LogP contribution in [-0.2, 0) is 0 Å². The van der Waals surface area contributed by atoms with Gasteiger partial charge in [0.1, 0.15) is 0 Å². The molecule has 3 nitrogen and oxygen atoms in total. The number of rotatable bonds is 4. The predicted octanol–water partition coefficient (Wildman–Crippen LogP) is 2.15. The summed E-state index contributed by atoms with van der Waals surface area (Å²) in [7, 11) is 4.37. The van der Waals surface area contributed by atoms with Crippen LogP contribution in [0, 0.1) is 0 Å². The lowest BCUT2D eigenvalue weighted by Crippen LogP contribution is -2.42. The Morgan fingerprint density at radius 3 is 2.71 bits per heavy atom. The van der Waals surface area contributed by atoms with Crippen LogP contribution in [0.3, 0.4) is 0 Å². The zero-order valence-corrected chi connectivity index (χ0v) is 10.6. The summed E-state index contributed by atoms with van der Waals surface area (Å²) in [6.45, 7) is 1.74. The second-order valence-electron chi connectivity index (χ2n) is 4.91. The van der Waals surface area contributed by atoms with Crippen molar-refractivity contribution in [2.24, 2.45) is 5.73 Å². The molecular weight excluding hydrogens is 210 g/mol. The summed E-state index contributed by atoms with van der Waals surface area (Å²) >= 11 is 0. The molecular formula is C14H20N3+. The van der Waals surface area contributed by atoms with Gasteiger partial charge < -0.3 is 5.73 Å². The zero-order chi connectivity index (χ0) is 12.3. The van der Waals surface area contributed by atoms with Gasteiger partial charge in [-0.05, 0) is 24.1 Å². The molecule has 17 heavy (non-hydrogen) atoms. The molecule has 1 aromatic carbocycles. The Hall–Kier alpha value is -1.45. The minimum atomic E-state index is 0.729. The fourth-order valence-corrected chi connectivity index (χ4v) is 2.18. The lowest BCUT2D eigenvalue weighted by molar-refractivity contribution is 0.387. The molecule has 0 bridgehead atoms. The molecule has 1 aromatic heterocycles. The number of nitrogens with zero attached hydrogens (tertiary/aromatic N) is 2. The fraction of sp³-hybridized carbons (Fsp3) is 0.357. The summed E-state index contributed by atoms with van der Waals surface area (Å²) in [5.41, 5.74) is 5.60. The predicted molar refractivity (Wildman–Crippen MR) is 73.9 cm³/mol. The monoisotopic (exact) mass is 230 g/mol. The molecule has 2 aromatic rings. The third kappa shape index (κ3) is 2.46. The minimum Gasteiger partial charge on any atom is -0.330 e. The van der Waals surface area contributed by atoms with Crippen molar-refractivity contribution in [2.45, 2.75) is 6.42 Å². The van der Waals surface area contributed by atoms with Crippen LogP contribution >= 0.6 is 0 Å². The first kappa shape index (κ1) is 12.0. The molecule has 0 radical (unpaired) electrons. The molecule has 90 valence electrons. The van der Waals surface area contributed by atoms with Crippen LogP contribution in [0.15, 0.2) is 36.5 Å². The number of hydrogen-bond acceptors (Lipinski definition) is 2. The van der Waals surface area contributed by atoms with Crippen LogP contribution in [0.2, 0.25) is 0 Å². The zero-order valence-electron chi connectivity index (χ0n) is 10.6. The van der Waals surface area contributed by atoms with Gasteiger partial charge in [0.15, 0.2) is 0 Å². The van der Waals surface area contributed by atoms with E-state index in [0.717, 1.165) is 29.8 Å². The molecule has 0 spiro atoms. The molecule has 0 saturated carbocycles. The highest BCUT2D eigenvalue weighted by Gasteiger charge is 2.22. The van der Waals surface area contributed by atoms with Gasteiger partial charge >= 0.3 is 0 Å². The van der Waals surface area contributed by atoms with Crippen LogP contribution in [0.1, 0.15) is 6.42 Å². The molecule has 0 unspecified atom stereocenters. The maximum absolute atomic E-state index is 5.60. The second kappa shape index (κ2) is 4.82.